The summed E-state index contributed by atoms with van der Waals surface area (Å²) in [4.78, 5) is 20.7. The molecule has 2 aromatic heterocycles. The molecule has 0 aromatic carbocycles. The number of amides is 1. The summed E-state index contributed by atoms with van der Waals surface area (Å²) in [7, 11) is 3.97. The van der Waals surface area contributed by atoms with Gasteiger partial charge in [-0.15, -0.1) is 0 Å². The Morgan fingerprint density at radius 2 is 2.25 bits per heavy atom. The molecule has 3 rings (SSSR count). The van der Waals surface area contributed by atoms with Gasteiger partial charge in [-0.2, -0.15) is 5.10 Å². The first-order valence-electron chi connectivity index (χ1n) is 8.23. The molecule has 128 valence electrons. The van der Waals surface area contributed by atoms with E-state index in [0.717, 1.165) is 38.4 Å². The van der Waals surface area contributed by atoms with Gasteiger partial charge in [0.05, 0.1) is 12.2 Å². The molecule has 7 heteroatoms. The van der Waals surface area contributed by atoms with Crippen molar-refractivity contribution in [2.45, 2.75) is 19.6 Å². The SMILES string of the molecule is CN(C)CCNC(=O)c1cc2n(n1)CCN(Cc1cccnc1)C2. The Morgan fingerprint density at radius 1 is 1.38 bits per heavy atom. The van der Waals surface area contributed by atoms with Gasteiger partial charge in [-0.3, -0.25) is 19.4 Å². The highest BCUT2D eigenvalue weighted by Gasteiger charge is 2.20. The number of nitrogens with one attached hydrogen (secondary N) is 1. The molecule has 0 unspecified atom stereocenters. The van der Waals surface area contributed by atoms with E-state index >= 15 is 0 Å². The van der Waals surface area contributed by atoms with E-state index in [2.05, 4.69) is 26.4 Å². The second-order valence-electron chi connectivity index (χ2n) is 6.38. The van der Waals surface area contributed by atoms with Crippen LogP contribution in [0.15, 0.2) is 30.6 Å². The lowest BCUT2D eigenvalue weighted by Gasteiger charge is -2.27. The van der Waals surface area contributed by atoms with Gasteiger partial charge in [-0.25, -0.2) is 0 Å². The average molecular weight is 328 g/mol. The van der Waals surface area contributed by atoms with Crippen molar-refractivity contribution in [3.05, 3.63) is 47.5 Å². The number of carbonyl (C=O) groups is 1. The number of pyridine rings is 1. The Morgan fingerprint density at radius 3 is 3.00 bits per heavy atom. The van der Waals surface area contributed by atoms with Crippen LogP contribution < -0.4 is 5.32 Å². The van der Waals surface area contributed by atoms with Crippen LogP contribution in [-0.4, -0.2) is 64.2 Å². The molecule has 0 bridgehead atoms. The Kier molecular flexibility index (Phi) is 5.22. The lowest BCUT2D eigenvalue weighted by molar-refractivity contribution is 0.0945. The zero-order valence-corrected chi connectivity index (χ0v) is 14.3. The van der Waals surface area contributed by atoms with Crippen molar-refractivity contribution in [3.8, 4) is 0 Å². The highest BCUT2D eigenvalue weighted by Crippen LogP contribution is 2.16. The number of rotatable bonds is 6. The number of aromatic nitrogens is 3. The number of carbonyl (C=O) groups excluding carboxylic acids is 1. The molecule has 1 amide bonds. The van der Waals surface area contributed by atoms with Crippen molar-refractivity contribution in [2.75, 3.05) is 33.7 Å². The van der Waals surface area contributed by atoms with E-state index in [-0.39, 0.29) is 5.91 Å². The third-order valence-electron chi connectivity index (χ3n) is 4.08. The first kappa shape index (κ1) is 16.6. The highest BCUT2D eigenvalue weighted by atomic mass is 16.1. The van der Waals surface area contributed by atoms with Gasteiger partial charge in [0.2, 0.25) is 0 Å². The van der Waals surface area contributed by atoms with Crippen molar-refractivity contribution in [3.63, 3.8) is 0 Å². The van der Waals surface area contributed by atoms with Crippen LogP contribution in [0.5, 0.6) is 0 Å². The fourth-order valence-electron chi connectivity index (χ4n) is 2.80. The summed E-state index contributed by atoms with van der Waals surface area (Å²) >= 11 is 0. The molecule has 0 spiro atoms. The molecule has 0 atom stereocenters. The number of nitrogens with zero attached hydrogens (tertiary/aromatic N) is 5. The summed E-state index contributed by atoms with van der Waals surface area (Å²) in [6.45, 7) is 4.83. The second kappa shape index (κ2) is 7.55. The van der Waals surface area contributed by atoms with Crippen LogP contribution in [0, 0.1) is 0 Å². The largest absolute Gasteiger partial charge is 0.349 e. The number of hydrogen-bond donors (Lipinski definition) is 1. The smallest absolute Gasteiger partial charge is 0.271 e. The minimum absolute atomic E-state index is 0.0995. The van der Waals surface area contributed by atoms with E-state index in [1.165, 1.54) is 5.56 Å². The van der Waals surface area contributed by atoms with Crippen LogP contribution in [-0.2, 0) is 19.6 Å². The number of hydrogen-bond acceptors (Lipinski definition) is 5. The van der Waals surface area contributed by atoms with Gasteiger partial charge in [0.15, 0.2) is 0 Å². The normalized spacial score (nSPS) is 14.6. The zero-order valence-electron chi connectivity index (χ0n) is 14.3. The van der Waals surface area contributed by atoms with Gasteiger partial charge >= 0.3 is 0 Å². The molecule has 24 heavy (non-hydrogen) atoms. The van der Waals surface area contributed by atoms with Gasteiger partial charge in [-0.05, 0) is 31.8 Å². The van der Waals surface area contributed by atoms with Gasteiger partial charge in [0.1, 0.15) is 5.69 Å². The van der Waals surface area contributed by atoms with E-state index in [9.17, 15) is 4.79 Å². The summed E-state index contributed by atoms with van der Waals surface area (Å²) in [5, 5.41) is 7.35. The Labute approximate surface area is 142 Å². The molecule has 3 heterocycles. The average Bonchev–Trinajstić information content (AvgIpc) is 2.99. The Bertz CT molecular complexity index is 682. The van der Waals surface area contributed by atoms with Crippen molar-refractivity contribution in [1.82, 2.24) is 29.9 Å². The van der Waals surface area contributed by atoms with Crippen molar-refractivity contribution in [2.24, 2.45) is 0 Å². The van der Waals surface area contributed by atoms with Gasteiger partial charge < -0.3 is 10.2 Å². The van der Waals surface area contributed by atoms with Crippen LogP contribution in [0.2, 0.25) is 0 Å². The molecule has 7 nitrogen and oxygen atoms in total. The molecule has 0 fully saturated rings. The first-order valence-corrected chi connectivity index (χ1v) is 8.23. The summed E-state index contributed by atoms with van der Waals surface area (Å²) in [6, 6.07) is 5.95. The van der Waals surface area contributed by atoms with Crippen LogP contribution in [0.3, 0.4) is 0 Å². The third-order valence-corrected chi connectivity index (χ3v) is 4.08. The number of fused-ring (bicyclic) bond motifs is 1. The number of likely N-dealkylation sites (N-methyl/N-ethyl adjacent to an activating group) is 1. The monoisotopic (exact) mass is 328 g/mol. The van der Waals surface area contributed by atoms with E-state index in [0.29, 0.717) is 12.2 Å². The molecule has 2 aromatic rings. The Balaban J connectivity index is 1.59. The van der Waals surface area contributed by atoms with Crippen LogP contribution in [0.1, 0.15) is 21.7 Å². The summed E-state index contributed by atoms with van der Waals surface area (Å²) in [5.41, 5.74) is 2.79. The molecular weight excluding hydrogens is 304 g/mol. The second-order valence-corrected chi connectivity index (χ2v) is 6.38. The van der Waals surface area contributed by atoms with Crippen molar-refractivity contribution in [1.29, 1.82) is 0 Å². The van der Waals surface area contributed by atoms with Gasteiger partial charge in [-0.1, -0.05) is 6.07 Å². The maximum Gasteiger partial charge on any atom is 0.271 e. The predicted molar refractivity (Wildman–Crippen MR) is 91.5 cm³/mol. The molecule has 1 aliphatic heterocycles. The zero-order chi connectivity index (χ0) is 16.9. The standard InChI is InChI=1S/C17H24N6O/c1-21(2)7-6-19-17(24)16-10-15-13-22(8-9-23(15)20-16)12-14-4-3-5-18-11-14/h3-5,10-11H,6-9,12-13H2,1-2H3,(H,19,24). The molecule has 0 saturated carbocycles. The van der Waals surface area contributed by atoms with Crippen molar-refractivity contribution >= 4 is 5.91 Å². The molecule has 1 N–H and O–H groups in total. The van der Waals surface area contributed by atoms with E-state index in [1.807, 2.05) is 42.0 Å². The Hall–Kier alpha value is -2.25. The van der Waals surface area contributed by atoms with E-state index in [1.54, 1.807) is 6.20 Å². The third kappa shape index (κ3) is 4.18. The van der Waals surface area contributed by atoms with Crippen LogP contribution in [0.4, 0.5) is 0 Å². The first-order chi connectivity index (χ1) is 11.6. The molecular formula is C17H24N6O. The topological polar surface area (TPSA) is 66.3 Å². The lowest BCUT2D eigenvalue weighted by atomic mass is 10.2. The van der Waals surface area contributed by atoms with Crippen LogP contribution >= 0.6 is 0 Å². The van der Waals surface area contributed by atoms with Crippen LogP contribution in [0.25, 0.3) is 0 Å². The maximum atomic E-state index is 12.2. The molecule has 0 radical (unpaired) electrons. The summed E-state index contributed by atoms with van der Waals surface area (Å²) in [6.07, 6.45) is 3.69. The minimum Gasteiger partial charge on any atom is -0.349 e. The van der Waals surface area contributed by atoms with E-state index < -0.39 is 0 Å². The molecule has 0 aliphatic carbocycles. The van der Waals surface area contributed by atoms with Gasteiger partial charge in [0.25, 0.3) is 5.91 Å². The maximum absolute atomic E-state index is 12.2. The minimum atomic E-state index is -0.0995. The molecule has 0 saturated heterocycles. The quantitative estimate of drug-likeness (QED) is 0.840. The van der Waals surface area contributed by atoms with Crippen molar-refractivity contribution < 1.29 is 4.79 Å². The fraction of sp³-hybridized carbons (Fsp3) is 0.471. The van der Waals surface area contributed by atoms with E-state index in [4.69, 9.17) is 0 Å². The fourth-order valence-corrected chi connectivity index (χ4v) is 2.80. The van der Waals surface area contributed by atoms with Gasteiger partial charge in [0, 0.05) is 45.1 Å². The lowest BCUT2D eigenvalue weighted by Crippen LogP contribution is -2.33. The predicted octanol–water partition coefficient (Wildman–Crippen LogP) is 0.585. The molecule has 1 aliphatic rings. The summed E-state index contributed by atoms with van der Waals surface area (Å²) < 4.78 is 1.95. The highest BCUT2D eigenvalue weighted by molar-refractivity contribution is 5.92. The summed E-state index contributed by atoms with van der Waals surface area (Å²) in [5.74, 6) is -0.0995.